The summed E-state index contributed by atoms with van der Waals surface area (Å²) in [5, 5.41) is 16.7. The van der Waals surface area contributed by atoms with Gasteiger partial charge in [-0.1, -0.05) is 0 Å². The Bertz CT molecular complexity index is 1030. The summed E-state index contributed by atoms with van der Waals surface area (Å²) in [5.41, 5.74) is 0.849. The van der Waals surface area contributed by atoms with E-state index in [2.05, 4.69) is 25.5 Å². The number of nitrogens with zero attached hydrogens (tertiary/aromatic N) is 8. The van der Waals surface area contributed by atoms with E-state index in [1.54, 1.807) is 32.4 Å². The second kappa shape index (κ2) is 7.76. The van der Waals surface area contributed by atoms with Crippen LogP contribution in [0, 0.1) is 5.92 Å². The molecule has 1 aliphatic heterocycles. The quantitative estimate of drug-likeness (QED) is 0.606. The zero-order chi connectivity index (χ0) is 19.6. The minimum atomic E-state index is -3.54. The molecule has 1 saturated heterocycles. The van der Waals surface area contributed by atoms with Crippen LogP contribution in [0.25, 0.3) is 11.4 Å². The number of sulfonamides is 1. The molecule has 4 heterocycles. The van der Waals surface area contributed by atoms with Crippen LogP contribution in [0.4, 0.5) is 0 Å². The summed E-state index contributed by atoms with van der Waals surface area (Å²) in [6, 6.07) is 3.65. The van der Waals surface area contributed by atoms with E-state index in [-0.39, 0.29) is 10.8 Å². The zero-order valence-electron chi connectivity index (χ0n) is 15.6. The van der Waals surface area contributed by atoms with Gasteiger partial charge >= 0.3 is 0 Å². The molecular weight excluding hydrogens is 380 g/mol. The van der Waals surface area contributed by atoms with Gasteiger partial charge in [0.1, 0.15) is 4.90 Å². The van der Waals surface area contributed by atoms with Crippen molar-refractivity contribution in [1.29, 1.82) is 0 Å². The summed E-state index contributed by atoms with van der Waals surface area (Å²) in [5.74, 6) is 0.666. The van der Waals surface area contributed by atoms with Gasteiger partial charge in [-0.3, -0.25) is 9.67 Å². The van der Waals surface area contributed by atoms with Crippen molar-refractivity contribution >= 4 is 10.0 Å². The van der Waals surface area contributed by atoms with Gasteiger partial charge in [0.15, 0.2) is 0 Å². The maximum atomic E-state index is 12.9. The van der Waals surface area contributed by atoms with Crippen LogP contribution >= 0.6 is 0 Å². The number of aromatic nitrogens is 7. The largest absolute Gasteiger partial charge is 0.272 e. The average molecular weight is 402 g/mol. The molecule has 0 spiro atoms. The van der Waals surface area contributed by atoms with E-state index in [1.807, 2.05) is 19.1 Å². The minimum Gasteiger partial charge on any atom is -0.272 e. The third-order valence-electron chi connectivity index (χ3n) is 4.87. The molecule has 0 radical (unpaired) electrons. The van der Waals surface area contributed by atoms with Gasteiger partial charge in [0.25, 0.3) is 0 Å². The van der Waals surface area contributed by atoms with Crippen molar-refractivity contribution < 1.29 is 8.42 Å². The lowest BCUT2D eigenvalue weighted by Crippen LogP contribution is -2.41. The second-order valence-electron chi connectivity index (χ2n) is 6.81. The summed E-state index contributed by atoms with van der Waals surface area (Å²) < 4.78 is 29.0. The summed E-state index contributed by atoms with van der Waals surface area (Å²) in [6.07, 6.45) is 8.09. The Morgan fingerprint density at radius 3 is 2.82 bits per heavy atom. The number of hydrogen-bond acceptors (Lipinski definition) is 7. The van der Waals surface area contributed by atoms with Crippen molar-refractivity contribution in [3.05, 3.63) is 36.9 Å². The standard InChI is InChI=1S/C17H22N8O2S/c1-2-23-13-16(10-19-23)28(26,27)24-9-3-4-14(11-24)12-25-21-17(20-22-25)15-5-7-18-8-6-15/h5-8,10,13-14H,2-4,9,11-12H2,1H3/t14-/m1/s1. The first-order valence-corrected chi connectivity index (χ1v) is 10.7. The number of piperidine rings is 1. The first-order valence-electron chi connectivity index (χ1n) is 9.27. The van der Waals surface area contributed by atoms with Gasteiger partial charge in [0.05, 0.1) is 12.7 Å². The number of aryl methyl sites for hydroxylation is 1. The van der Waals surface area contributed by atoms with Gasteiger partial charge < -0.3 is 0 Å². The molecule has 0 aliphatic carbocycles. The fourth-order valence-electron chi connectivity index (χ4n) is 3.36. The lowest BCUT2D eigenvalue weighted by atomic mass is 10.00. The third kappa shape index (κ3) is 3.80. The molecule has 3 aromatic rings. The first-order chi connectivity index (χ1) is 13.6. The van der Waals surface area contributed by atoms with E-state index in [1.165, 1.54) is 6.20 Å². The van der Waals surface area contributed by atoms with Gasteiger partial charge in [-0.15, -0.1) is 10.2 Å². The molecular formula is C17H22N8O2S. The minimum absolute atomic E-state index is 0.129. The second-order valence-corrected chi connectivity index (χ2v) is 8.74. The molecule has 1 fully saturated rings. The molecule has 0 aromatic carbocycles. The smallest absolute Gasteiger partial charge is 0.246 e. The number of hydrogen-bond donors (Lipinski definition) is 0. The van der Waals surface area contributed by atoms with Crippen LogP contribution in [0.5, 0.6) is 0 Å². The highest BCUT2D eigenvalue weighted by Gasteiger charge is 2.31. The third-order valence-corrected chi connectivity index (χ3v) is 6.68. The Balaban J connectivity index is 1.45. The molecule has 1 aliphatic rings. The van der Waals surface area contributed by atoms with E-state index in [4.69, 9.17) is 0 Å². The molecule has 3 aromatic heterocycles. The van der Waals surface area contributed by atoms with Gasteiger partial charge in [-0.25, -0.2) is 8.42 Å². The van der Waals surface area contributed by atoms with Crippen LogP contribution in [0.3, 0.4) is 0 Å². The van der Waals surface area contributed by atoms with Gasteiger partial charge in [-0.05, 0) is 43.0 Å². The molecule has 148 valence electrons. The van der Waals surface area contributed by atoms with Gasteiger partial charge in [0.2, 0.25) is 15.8 Å². The number of pyridine rings is 1. The first kappa shape index (κ1) is 18.7. The molecule has 28 heavy (non-hydrogen) atoms. The fourth-order valence-corrected chi connectivity index (χ4v) is 4.87. The van der Waals surface area contributed by atoms with Crippen molar-refractivity contribution in [2.75, 3.05) is 13.1 Å². The van der Waals surface area contributed by atoms with Crippen LogP contribution in [0.1, 0.15) is 19.8 Å². The average Bonchev–Trinajstić information content (AvgIpc) is 3.39. The van der Waals surface area contributed by atoms with Crippen molar-refractivity contribution in [3.8, 4) is 11.4 Å². The van der Waals surface area contributed by atoms with Gasteiger partial charge in [-0.2, -0.15) is 14.2 Å². The van der Waals surface area contributed by atoms with Crippen LogP contribution in [-0.4, -0.2) is 60.8 Å². The Morgan fingerprint density at radius 1 is 1.25 bits per heavy atom. The lowest BCUT2D eigenvalue weighted by molar-refractivity contribution is 0.231. The summed E-state index contributed by atoms with van der Waals surface area (Å²) in [7, 11) is -3.54. The SMILES string of the molecule is CCn1cc(S(=O)(=O)N2CCC[C@@H](Cn3nnc(-c4ccncc4)n3)C2)cn1. The predicted molar refractivity (Wildman–Crippen MR) is 100 cm³/mol. The summed E-state index contributed by atoms with van der Waals surface area (Å²) >= 11 is 0. The Labute approximate surface area is 163 Å². The monoisotopic (exact) mass is 402 g/mol. The van der Waals surface area contributed by atoms with Crippen LogP contribution in [0.15, 0.2) is 41.8 Å². The molecule has 1 atom stereocenters. The molecule has 0 bridgehead atoms. The van der Waals surface area contributed by atoms with E-state index >= 15 is 0 Å². The molecule has 11 heteroatoms. The zero-order valence-corrected chi connectivity index (χ0v) is 16.4. The number of rotatable bonds is 6. The highest BCUT2D eigenvalue weighted by atomic mass is 32.2. The normalized spacial score (nSPS) is 18.4. The van der Waals surface area contributed by atoms with Gasteiger partial charge in [0, 0.05) is 43.8 Å². The lowest BCUT2D eigenvalue weighted by Gasteiger charge is -2.31. The van der Waals surface area contributed by atoms with Crippen LogP contribution < -0.4 is 0 Å². The fraction of sp³-hybridized carbons (Fsp3) is 0.471. The maximum Gasteiger partial charge on any atom is 0.246 e. The molecule has 0 amide bonds. The Morgan fingerprint density at radius 2 is 2.07 bits per heavy atom. The van der Waals surface area contributed by atoms with Crippen molar-refractivity contribution in [2.24, 2.45) is 5.92 Å². The number of tetrazole rings is 1. The van der Waals surface area contributed by atoms with Crippen molar-refractivity contribution in [3.63, 3.8) is 0 Å². The highest BCUT2D eigenvalue weighted by Crippen LogP contribution is 2.24. The van der Waals surface area contributed by atoms with E-state index in [0.717, 1.165) is 18.4 Å². The van der Waals surface area contributed by atoms with E-state index < -0.39 is 10.0 Å². The van der Waals surface area contributed by atoms with Crippen molar-refractivity contribution in [2.45, 2.75) is 37.8 Å². The predicted octanol–water partition coefficient (Wildman–Crippen LogP) is 1.05. The van der Waals surface area contributed by atoms with Crippen molar-refractivity contribution in [1.82, 2.24) is 39.3 Å². The molecule has 0 N–H and O–H groups in total. The molecule has 0 saturated carbocycles. The van der Waals surface area contributed by atoms with E-state index in [0.29, 0.717) is 32.0 Å². The van der Waals surface area contributed by atoms with E-state index in [9.17, 15) is 8.42 Å². The van der Waals surface area contributed by atoms with Crippen LogP contribution in [-0.2, 0) is 23.1 Å². The topological polar surface area (TPSA) is 112 Å². The molecule has 4 rings (SSSR count). The molecule has 10 nitrogen and oxygen atoms in total. The Hall–Kier alpha value is -2.66. The van der Waals surface area contributed by atoms with Crippen LogP contribution in [0.2, 0.25) is 0 Å². The Kier molecular flexibility index (Phi) is 5.18. The summed E-state index contributed by atoms with van der Waals surface area (Å²) in [4.78, 5) is 5.77. The summed E-state index contributed by atoms with van der Waals surface area (Å²) in [6.45, 7) is 4.04. The highest BCUT2D eigenvalue weighted by molar-refractivity contribution is 7.89. The molecule has 0 unspecified atom stereocenters. The maximum absolute atomic E-state index is 12.9.